The molecule has 0 bridgehead atoms. The van der Waals surface area contributed by atoms with Crippen LogP contribution in [-0.4, -0.2) is 28.3 Å². The number of rotatable bonds is 2. The number of halogens is 3. The van der Waals surface area contributed by atoms with Crippen molar-refractivity contribution in [3.63, 3.8) is 0 Å². The van der Waals surface area contributed by atoms with Gasteiger partial charge in [0.15, 0.2) is 0 Å². The average Bonchev–Trinajstić information content (AvgIpc) is 3.02. The molecule has 1 aliphatic rings. The molecule has 1 aromatic carbocycles. The number of benzene rings is 1. The Morgan fingerprint density at radius 2 is 1.54 bits per heavy atom. The summed E-state index contributed by atoms with van der Waals surface area (Å²) in [5, 5.41) is 0. The fraction of sp³-hybridized carbons (Fsp3) is 0.438. The van der Waals surface area contributed by atoms with E-state index in [-0.39, 0.29) is 0 Å². The number of nitrogens with one attached hydrogen (secondary N) is 1. The molecule has 2 aromatic rings. The van der Waals surface area contributed by atoms with Crippen LogP contribution in [0, 0.1) is 0 Å². The van der Waals surface area contributed by atoms with Gasteiger partial charge in [-0.1, -0.05) is 12.1 Å². The second kappa shape index (κ2) is 5.36. The maximum absolute atomic E-state index is 12.6. The maximum Gasteiger partial charge on any atom is 0.513 e. The third kappa shape index (κ3) is 2.96. The van der Waals surface area contributed by atoms with Gasteiger partial charge >= 0.3 is 13.3 Å². The van der Waals surface area contributed by atoms with Crippen molar-refractivity contribution in [1.29, 1.82) is 0 Å². The van der Waals surface area contributed by atoms with E-state index in [0.29, 0.717) is 17.0 Å². The Morgan fingerprint density at radius 3 is 2.04 bits per heavy atom. The summed E-state index contributed by atoms with van der Waals surface area (Å²) in [6, 6.07) is 4.84. The van der Waals surface area contributed by atoms with E-state index in [1.54, 1.807) is 6.20 Å². The molecule has 1 fully saturated rings. The number of hydrogen-bond donors (Lipinski definition) is 1. The highest BCUT2D eigenvalue weighted by atomic mass is 19.4. The Kier molecular flexibility index (Phi) is 3.80. The molecule has 0 radical (unpaired) electrons. The van der Waals surface area contributed by atoms with Gasteiger partial charge in [0.2, 0.25) is 0 Å². The van der Waals surface area contributed by atoms with Crippen molar-refractivity contribution in [2.24, 2.45) is 0 Å². The topological polar surface area (TPSA) is 47.1 Å². The molecule has 0 unspecified atom stereocenters. The van der Waals surface area contributed by atoms with Gasteiger partial charge in [-0.05, 0) is 39.8 Å². The van der Waals surface area contributed by atoms with Crippen molar-refractivity contribution in [3.05, 3.63) is 36.0 Å². The monoisotopic (exact) mass is 338 g/mol. The number of nitrogens with zero attached hydrogens (tertiary/aromatic N) is 1. The quantitative estimate of drug-likeness (QED) is 0.854. The third-order valence-electron chi connectivity index (χ3n) is 4.59. The summed E-state index contributed by atoms with van der Waals surface area (Å²) < 4.78 is 49.7. The van der Waals surface area contributed by atoms with Crippen LogP contribution in [0.2, 0.25) is 0 Å². The van der Waals surface area contributed by atoms with E-state index >= 15 is 0 Å². The van der Waals surface area contributed by atoms with E-state index in [0.717, 1.165) is 12.1 Å². The minimum absolute atomic E-state index is 0.466. The smallest absolute Gasteiger partial charge is 0.398 e. The molecule has 4 nitrogen and oxygen atoms in total. The maximum atomic E-state index is 12.6. The number of hydrogen-bond acceptors (Lipinski definition) is 3. The zero-order valence-electron chi connectivity index (χ0n) is 13.9. The summed E-state index contributed by atoms with van der Waals surface area (Å²) in [5.74, 6) is 0.466. The van der Waals surface area contributed by atoms with Gasteiger partial charge in [-0.15, -0.1) is 0 Å². The van der Waals surface area contributed by atoms with Crippen LogP contribution in [0.5, 0.6) is 0 Å². The second-order valence-electron chi connectivity index (χ2n) is 6.85. The van der Waals surface area contributed by atoms with Crippen molar-refractivity contribution in [2.45, 2.75) is 45.1 Å². The normalized spacial score (nSPS) is 19.7. The first-order chi connectivity index (χ1) is 11.0. The molecule has 1 N–H and O–H groups in total. The lowest BCUT2D eigenvalue weighted by molar-refractivity contribution is -0.137. The predicted octanol–water partition coefficient (Wildman–Crippen LogP) is 3.39. The van der Waals surface area contributed by atoms with Gasteiger partial charge in [0.1, 0.15) is 5.82 Å². The molecule has 1 aromatic heterocycles. The van der Waals surface area contributed by atoms with E-state index < -0.39 is 30.1 Å². The summed E-state index contributed by atoms with van der Waals surface area (Å²) in [6.45, 7) is 7.78. The van der Waals surface area contributed by atoms with Gasteiger partial charge in [-0.25, -0.2) is 4.98 Å². The lowest BCUT2D eigenvalue weighted by Crippen LogP contribution is -2.41. The van der Waals surface area contributed by atoms with Crippen molar-refractivity contribution in [2.75, 3.05) is 0 Å². The van der Waals surface area contributed by atoms with Crippen LogP contribution in [0.15, 0.2) is 30.5 Å². The van der Waals surface area contributed by atoms with E-state index in [9.17, 15) is 13.2 Å². The first kappa shape index (κ1) is 17.0. The largest absolute Gasteiger partial charge is 0.513 e. The Balaban J connectivity index is 1.82. The van der Waals surface area contributed by atoms with Crippen LogP contribution in [0.4, 0.5) is 13.2 Å². The fourth-order valence-electron chi connectivity index (χ4n) is 2.39. The minimum atomic E-state index is -4.35. The first-order valence-corrected chi connectivity index (χ1v) is 7.58. The molecule has 0 spiro atoms. The Bertz CT molecular complexity index is 723. The van der Waals surface area contributed by atoms with Crippen molar-refractivity contribution in [3.8, 4) is 11.4 Å². The Labute approximate surface area is 138 Å². The lowest BCUT2D eigenvalue weighted by atomic mass is 9.86. The fourth-order valence-corrected chi connectivity index (χ4v) is 2.39. The molecule has 0 aliphatic carbocycles. The minimum Gasteiger partial charge on any atom is -0.398 e. The zero-order chi connectivity index (χ0) is 17.8. The van der Waals surface area contributed by atoms with Crippen LogP contribution >= 0.6 is 0 Å². The number of H-pyrrole nitrogens is 1. The summed E-state index contributed by atoms with van der Waals surface area (Å²) >= 11 is 0. The number of alkyl halides is 3. The molecule has 24 heavy (non-hydrogen) atoms. The summed E-state index contributed by atoms with van der Waals surface area (Å²) in [4.78, 5) is 7.28. The first-order valence-electron chi connectivity index (χ1n) is 7.58. The van der Waals surface area contributed by atoms with E-state index in [2.05, 4.69) is 9.97 Å². The van der Waals surface area contributed by atoms with Crippen molar-refractivity contribution in [1.82, 2.24) is 9.97 Å². The van der Waals surface area contributed by atoms with Gasteiger partial charge < -0.3 is 14.3 Å². The number of aromatic amines is 1. The molecular formula is C16H18BF3N2O2. The summed E-state index contributed by atoms with van der Waals surface area (Å²) in [7, 11) is -0.592. The van der Waals surface area contributed by atoms with Crippen LogP contribution in [0.3, 0.4) is 0 Å². The van der Waals surface area contributed by atoms with Crippen molar-refractivity contribution < 1.29 is 22.5 Å². The molecule has 1 saturated heterocycles. The van der Waals surface area contributed by atoms with Crippen LogP contribution < -0.4 is 5.59 Å². The van der Waals surface area contributed by atoms with E-state index in [4.69, 9.17) is 9.31 Å². The zero-order valence-corrected chi connectivity index (χ0v) is 13.9. The van der Waals surface area contributed by atoms with Gasteiger partial charge in [-0.3, -0.25) is 0 Å². The molecule has 0 saturated carbocycles. The number of aromatic nitrogens is 2. The molecule has 3 rings (SSSR count). The van der Waals surface area contributed by atoms with Crippen LogP contribution in [-0.2, 0) is 15.5 Å². The molecular weight excluding hydrogens is 320 g/mol. The highest BCUT2D eigenvalue weighted by molar-refractivity contribution is 6.61. The van der Waals surface area contributed by atoms with E-state index in [1.165, 1.54) is 12.1 Å². The van der Waals surface area contributed by atoms with Crippen LogP contribution in [0.25, 0.3) is 11.4 Å². The summed E-state index contributed by atoms with van der Waals surface area (Å²) in [6.07, 6.45) is -2.77. The van der Waals surface area contributed by atoms with Crippen LogP contribution in [0.1, 0.15) is 33.3 Å². The highest BCUT2D eigenvalue weighted by Gasteiger charge is 2.52. The molecule has 128 valence electrons. The second-order valence-corrected chi connectivity index (χ2v) is 6.85. The molecule has 1 aliphatic heterocycles. The number of imidazole rings is 1. The molecule has 8 heteroatoms. The third-order valence-corrected chi connectivity index (χ3v) is 4.59. The molecule has 0 amide bonds. The predicted molar refractivity (Wildman–Crippen MR) is 84.7 cm³/mol. The standard InChI is InChI=1S/C16H18BF3N2O2/c1-14(2)15(3,4)24-17(23-14)12-9-21-13(22-12)10-5-7-11(8-6-10)16(18,19)20/h5-9H,1-4H3,(H,21,22). The summed E-state index contributed by atoms with van der Waals surface area (Å²) in [5.41, 5.74) is -0.451. The SMILES string of the molecule is CC1(C)OB(c2cnc(-c3ccc(C(F)(F)F)cc3)[nH]2)OC1(C)C. The van der Waals surface area contributed by atoms with Crippen molar-refractivity contribution >= 4 is 12.7 Å². The van der Waals surface area contributed by atoms with Gasteiger partial charge in [0, 0.05) is 11.8 Å². The molecule has 0 atom stereocenters. The van der Waals surface area contributed by atoms with E-state index in [1.807, 2.05) is 27.7 Å². The lowest BCUT2D eigenvalue weighted by Gasteiger charge is -2.32. The van der Waals surface area contributed by atoms with Gasteiger partial charge in [-0.2, -0.15) is 13.2 Å². The average molecular weight is 338 g/mol. The Hall–Kier alpha value is -1.80. The molecule has 2 heterocycles. The van der Waals surface area contributed by atoms with Gasteiger partial charge in [0.25, 0.3) is 0 Å². The Morgan fingerprint density at radius 1 is 1.00 bits per heavy atom. The van der Waals surface area contributed by atoms with Gasteiger partial charge in [0.05, 0.1) is 22.4 Å². The highest BCUT2D eigenvalue weighted by Crippen LogP contribution is 2.36.